The van der Waals surface area contributed by atoms with Crippen LogP contribution in [0.3, 0.4) is 0 Å². The molecule has 15 heavy (non-hydrogen) atoms. The smallest absolute Gasteiger partial charge is 0.122 e. The second-order valence-electron chi connectivity index (χ2n) is 4.60. The maximum absolute atomic E-state index is 9.83. The summed E-state index contributed by atoms with van der Waals surface area (Å²) in [6.07, 6.45) is 0.932. The van der Waals surface area contributed by atoms with Gasteiger partial charge in [-0.25, -0.2) is 0 Å². The molecule has 0 aromatic heterocycles. The van der Waals surface area contributed by atoms with Gasteiger partial charge < -0.3 is 15.6 Å². The standard InChI is InChI=1S/C12H17NO2/c1-12(2,14)11(13)9-3-4-10-8(7-9)5-6-15-10/h3-4,7,11,14H,5-6,13H2,1-2H3. The molecule has 3 nitrogen and oxygen atoms in total. The molecule has 1 aromatic rings. The molecule has 2 rings (SSSR count). The minimum atomic E-state index is -0.895. The molecule has 1 heterocycles. The molecular formula is C12H17NO2. The Kier molecular flexibility index (Phi) is 2.44. The molecule has 1 atom stereocenters. The van der Waals surface area contributed by atoms with Crippen molar-refractivity contribution in [2.24, 2.45) is 5.73 Å². The van der Waals surface area contributed by atoms with Gasteiger partial charge in [-0.15, -0.1) is 0 Å². The third-order valence-corrected chi connectivity index (χ3v) is 2.83. The van der Waals surface area contributed by atoms with E-state index in [0.29, 0.717) is 0 Å². The number of benzene rings is 1. The quantitative estimate of drug-likeness (QED) is 0.770. The number of rotatable bonds is 2. The number of ether oxygens (including phenoxy) is 1. The molecule has 0 radical (unpaired) electrons. The molecule has 0 spiro atoms. The number of fused-ring (bicyclic) bond motifs is 1. The normalized spacial score (nSPS) is 17.1. The van der Waals surface area contributed by atoms with Gasteiger partial charge in [0.25, 0.3) is 0 Å². The van der Waals surface area contributed by atoms with Crippen LogP contribution in [-0.2, 0) is 6.42 Å². The predicted molar refractivity (Wildman–Crippen MR) is 58.9 cm³/mol. The van der Waals surface area contributed by atoms with Gasteiger partial charge in [0.1, 0.15) is 5.75 Å². The van der Waals surface area contributed by atoms with Gasteiger partial charge in [-0.3, -0.25) is 0 Å². The summed E-state index contributed by atoms with van der Waals surface area (Å²) in [5.74, 6) is 0.946. The highest BCUT2D eigenvalue weighted by atomic mass is 16.5. The largest absolute Gasteiger partial charge is 0.493 e. The summed E-state index contributed by atoms with van der Waals surface area (Å²) in [6.45, 7) is 4.19. The number of hydrogen-bond acceptors (Lipinski definition) is 3. The summed E-state index contributed by atoms with van der Waals surface area (Å²) in [4.78, 5) is 0. The monoisotopic (exact) mass is 207 g/mol. The summed E-state index contributed by atoms with van der Waals surface area (Å²) in [7, 11) is 0. The van der Waals surface area contributed by atoms with Crippen LogP contribution in [0.4, 0.5) is 0 Å². The molecule has 1 unspecified atom stereocenters. The van der Waals surface area contributed by atoms with Crippen molar-refractivity contribution in [1.29, 1.82) is 0 Å². The lowest BCUT2D eigenvalue weighted by Crippen LogP contribution is -2.35. The van der Waals surface area contributed by atoms with Gasteiger partial charge in [-0.1, -0.05) is 12.1 Å². The van der Waals surface area contributed by atoms with Crippen LogP contribution in [0.15, 0.2) is 18.2 Å². The molecule has 1 aliphatic rings. The third kappa shape index (κ3) is 1.98. The van der Waals surface area contributed by atoms with Gasteiger partial charge in [-0.2, -0.15) is 0 Å². The molecule has 0 aliphatic carbocycles. The van der Waals surface area contributed by atoms with E-state index in [4.69, 9.17) is 10.5 Å². The maximum atomic E-state index is 9.83. The minimum absolute atomic E-state index is 0.358. The van der Waals surface area contributed by atoms with Crippen molar-refractivity contribution in [3.05, 3.63) is 29.3 Å². The molecule has 0 saturated heterocycles. The molecule has 1 aliphatic heterocycles. The number of nitrogens with two attached hydrogens (primary N) is 1. The van der Waals surface area contributed by atoms with Crippen molar-refractivity contribution in [1.82, 2.24) is 0 Å². The Morgan fingerprint density at radius 2 is 2.20 bits per heavy atom. The van der Waals surface area contributed by atoms with Gasteiger partial charge in [0.05, 0.1) is 18.2 Å². The Morgan fingerprint density at radius 1 is 1.47 bits per heavy atom. The average molecular weight is 207 g/mol. The SMILES string of the molecule is CC(C)(O)C(N)c1ccc2c(c1)CCO2. The zero-order valence-corrected chi connectivity index (χ0v) is 9.16. The number of aliphatic hydroxyl groups is 1. The molecule has 0 bridgehead atoms. The van der Waals surface area contributed by atoms with Gasteiger partial charge in [0.15, 0.2) is 0 Å². The van der Waals surface area contributed by atoms with Crippen molar-refractivity contribution in [2.75, 3.05) is 6.61 Å². The van der Waals surface area contributed by atoms with Gasteiger partial charge in [-0.05, 0) is 31.0 Å². The molecule has 82 valence electrons. The Morgan fingerprint density at radius 3 is 2.87 bits per heavy atom. The fourth-order valence-corrected chi connectivity index (χ4v) is 1.81. The van der Waals surface area contributed by atoms with Crippen LogP contribution in [0.2, 0.25) is 0 Å². The van der Waals surface area contributed by atoms with Gasteiger partial charge in [0, 0.05) is 6.42 Å². The van der Waals surface area contributed by atoms with E-state index < -0.39 is 5.60 Å². The molecule has 3 heteroatoms. The first-order valence-electron chi connectivity index (χ1n) is 5.22. The maximum Gasteiger partial charge on any atom is 0.122 e. The molecule has 1 aromatic carbocycles. The lowest BCUT2D eigenvalue weighted by atomic mass is 9.91. The Bertz CT molecular complexity index is 368. The Hall–Kier alpha value is -1.06. The van der Waals surface area contributed by atoms with Crippen LogP contribution in [0.25, 0.3) is 0 Å². The zero-order chi connectivity index (χ0) is 11.1. The average Bonchev–Trinajstić information content (AvgIpc) is 2.61. The first-order chi connectivity index (χ1) is 6.98. The number of hydrogen-bond donors (Lipinski definition) is 2. The first-order valence-corrected chi connectivity index (χ1v) is 5.22. The van der Waals surface area contributed by atoms with Gasteiger partial charge >= 0.3 is 0 Å². The second-order valence-corrected chi connectivity index (χ2v) is 4.60. The van der Waals surface area contributed by atoms with Crippen molar-refractivity contribution >= 4 is 0 Å². The lowest BCUT2D eigenvalue weighted by Gasteiger charge is -2.26. The predicted octanol–water partition coefficient (Wildman–Crippen LogP) is 1.39. The first kappa shape index (κ1) is 10.5. The highest BCUT2D eigenvalue weighted by Gasteiger charge is 2.25. The van der Waals surface area contributed by atoms with E-state index in [-0.39, 0.29) is 6.04 Å². The van der Waals surface area contributed by atoms with E-state index in [0.717, 1.165) is 24.3 Å². The third-order valence-electron chi connectivity index (χ3n) is 2.83. The highest BCUT2D eigenvalue weighted by Crippen LogP contribution is 2.30. The fourth-order valence-electron chi connectivity index (χ4n) is 1.81. The van der Waals surface area contributed by atoms with E-state index in [1.165, 1.54) is 5.56 Å². The van der Waals surface area contributed by atoms with Crippen molar-refractivity contribution in [3.8, 4) is 5.75 Å². The van der Waals surface area contributed by atoms with E-state index >= 15 is 0 Å². The van der Waals surface area contributed by atoms with Crippen LogP contribution >= 0.6 is 0 Å². The van der Waals surface area contributed by atoms with Crippen LogP contribution in [0.5, 0.6) is 5.75 Å². The van der Waals surface area contributed by atoms with Gasteiger partial charge in [0.2, 0.25) is 0 Å². The summed E-state index contributed by atoms with van der Waals surface area (Å²) >= 11 is 0. The summed E-state index contributed by atoms with van der Waals surface area (Å²) < 4.78 is 5.42. The molecule has 0 fully saturated rings. The second kappa shape index (κ2) is 3.51. The van der Waals surface area contributed by atoms with E-state index in [1.54, 1.807) is 13.8 Å². The van der Waals surface area contributed by atoms with Crippen molar-refractivity contribution in [3.63, 3.8) is 0 Å². The lowest BCUT2D eigenvalue weighted by molar-refractivity contribution is 0.0517. The summed E-state index contributed by atoms with van der Waals surface area (Å²) in [6, 6.07) is 5.53. The topological polar surface area (TPSA) is 55.5 Å². The van der Waals surface area contributed by atoms with Crippen molar-refractivity contribution in [2.45, 2.75) is 31.9 Å². The Balaban J connectivity index is 2.31. The molecule has 0 saturated carbocycles. The van der Waals surface area contributed by atoms with Crippen LogP contribution in [0.1, 0.15) is 31.0 Å². The summed E-state index contributed by atoms with van der Waals surface area (Å²) in [5, 5.41) is 9.83. The van der Waals surface area contributed by atoms with Crippen molar-refractivity contribution < 1.29 is 9.84 Å². The fraction of sp³-hybridized carbons (Fsp3) is 0.500. The molecule has 0 amide bonds. The Labute approximate surface area is 89.9 Å². The van der Waals surface area contributed by atoms with E-state index in [2.05, 4.69) is 0 Å². The highest BCUT2D eigenvalue weighted by molar-refractivity contribution is 5.41. The van der Waals surface area contributed by atoms with E-state index in [9.17, 15) is 5.11 Å². The minimum Gasteiger partial charge on any atom is -0.493 e. The van der Waals surface area contributed by atoms with Crippen LogP contribution in [-0.4, -0.2) is 17.3 Å². The molecule has 3 N–H and O–H groups in total. The summed E-state index contributed by atoms with van der Waals surface area (Å²) in [5.41, 5.74) is 7.23. The van der Waals surface area contributed by atoms with Crippen LogP contribution in [0, 0.1) is 0 Å². The van der Waals surface area contributed by atoms with E-state index in [1.807, 2.05) is 18.2 Å². The van der Waals surface area contributed by atoms with Crippen LogP contribution < -0.4 is 10.5 Å². The zero-order valence-electron chi connectivity index (χ0n) is 9.16. The molecular weight excluding hydrogens is 190 g/mol.